The second-order valence-electron chi connectivity index (χ2n) is 9.27. The fourth-order valence-electron chi connectivity index (χ4n) is 2.24. The van der Waals surface area contributed by atoms with Crippen molar-refractivity contribution in [3.05, 3.63) is 0 Å². The molecular weight excluding hydrogens is 429 g/mol. The zero-order valence-electron chi connectivity index (χ0n) is 20.0. The highest BCUT2D eigenvalue weighted by molar-refractivity contribution is 7.45. The van der Waals surface area contributed by atoms with Gasteiger partial charge in [0.25, 0.3) is 7.82 Å². The third-order valence-corrected chi connectivity index (χ3v) is 5.46. The fourth-order valence-corrected chi connectivity index (χ4v) is 3.10. The number of nitrogens with zero attached hydrogens (tertiary/aromatic N) is 1. The number of rotatable bonds is 15. The van der Waals surface area contributed by atoms with Crippen molar-refractivity contribution in [1.29, 1.82) is 0 Å². The number of hydrogen-bond acceptors (Lipinski definition) is 9. The lowest BCUT2D eigenvalue weighted by Crippen LogP contribution is -2.42. The number of hydrogen-bond donors (Lipinski definition) is 0. The first kappa shape index (κ1) is 29.7. The van der Waals surface area contributed by atoms with Gasteiger partial charge in [0.05, 0.1) is 39.8 Å². The van der Waals surface area contributed by atoms with Crippen LogP contribution in [0.1, 0.15) is 53.9 Å². The van der Waals surface area contributed by atoms with Gasteiger partial charge < -0.3 is 23.4 Å². The molecule has 0 N–H and O–H groups in total. The van der Waals surface area contributed by atoms with Crippen LogP contribution in [0, 0.1) is 10.8 Å². The summed E-state index contributed by atoms with van der Waals surface area (Å²) in [5, 5.41) is 0. The molecule has 0 bridgehead atoms. The van der Waals surface area contributed by atoms with Crippen molar-refractivity contribution in [2.45, 2.75) is 53.9 Å². The Kier molecular flexibility index (Phi) is 11.5. The standard InChI is InChI=1S/C20H38NO9P/c1-9-11-27-17(23)19(3,4)14-16(22)20(5,10-2)18(24)28-12-13-29-31(25,26)30-15-21(6,7)8/h9-15H2,1-8H3. The van der Waals surface area contributed by atoms with Crippen LogP contribution in [0.5, 0.6) is 0 Å². The molecule has 0 rings (SSSR count). The van der Waals surface area contributed by atoms with Crippen molar-refractivity contribution in [1.82, 2.24) is 0 Å². The Morgan fingerprint density at radius 3 is 1.94 bits per heavy atom. The van der Waals surface area contributed by atoms with E-state index in [-0.39, 0.29) is 37.3 Å². The average Bonchev–Trinajstić information content (AvgIpc) is 2.66. The van der Waals surface area contributed by atoms with Crippen molar-refractivity contribution in [2.75, 3.05) is 47.7 Å². The molecule has 10 nitrogen and oxygen atoms in total. The molecule has 0 aromatic heterocycles. The number of phosphoric ester groups is 1. The smallest absolute Gasteiger partial charge is 0.319 e. The largest absolute Gasteiger partial charge is 0.756 e. The normalized spacial score (nSPS) is 16.2. The summed E-state index contributed by atoms with van der Waals surface area (Å²) >= 11 is 0. The van der Waals surface area contributed by atoms with Crippen molar-refractivity contribution >= 4 is 25.5 Å². The van der Waals surface area contributed by atoms with Gasteiger partial charge in [-0.1, -0.05) is 13.8 Å². The minimum absolute atomic E-state index is 0.112. The summed E-state index contributed by atoms with van der Waals surface area (Å²) in [6, 6.07) is 0. The second kappa shape index (κ2) is 12.1. The average molecular weight is 467 g/mol. The molecular formula is C20H38NO9P. The number of esters is 2. The molecule has 0 aromatic rings. The van der Waals surface area contributed by atoms with Gasteiger partial charge in [-0.25, -0.2) is 0 Å². The van der Waals surface area contributed by atoms with Crippen LogP contribution < -0.4 is 4.89 Å². The van der Waals surface area contributed by atoms with Gasteiger partial charge in [-0.2, -0.15) is 0 Å². The highest BCUT2D eigenvalue weighted by Gasteiger charge is 2.44. The van der Waals surface area contributed by atoms with Gasteiger partial charge in [0, 0.05) is 6.42 Å². The molecule has 0 amide bonds. The van der Waals surface area contributed by atoms with E-state index in [0.717, 1.165) is 0 Å². The Hall–Kier alpha value is -1.32. The van der Waals surface area contributed by atoms with E-state index in [1.165, 1.54) is 6.92 Å². The number of carbonyl (C=O) groups is 3. The van der Waals surface area contributed by atoms with Gasteiger partial charge in [-0.05, 0) is 33.6 Å². The van der Waals surface area contributed by atoms with E-state index in [4.69, 9.17) is 14.0 Å². The van der Waals surface area contributed by atoms with E-state index in [9.17, 15) is 23.8 Å². The van der Waals surface area contributed by atoms with Crippen LogP contribution >= 0.6 is 7.82 Å². The molecule has 2 atom stereocenters. The topological polar surface area (TPSA) is 128 Å². The van der Waals surface area contributed by atoms with Gasteiger partial charge in [0.2, 0.25) is 0 Å². The molecule has 0 aromatic carbocycles. The highest BCUT2D eigenvalue weighted by atomic mass is 31.2. The number of carbonyl (C=O) groups excluding carboxylic acids is 3. The first-order chi connectivity index (χ1) is 14.0. The number of phosphoric acid groups is 1. The van der Waals surface area contributed by atoms with E-state index >= 15 is 0 Å². The summed E-state index contributed by atoms with van der Waals surface area (Å²) in [5.41, 5.74) is -2.58. The van der Waals surface area contributed by atoms with Crippen LogP contribution in [-0.2, 0) is 37.5 Å². The molecule has 0 heterocycles. The van der Waals surface area contributed by atoms with Gasteiger partial charge in [-0.15, -0.1) is 0 Å². The van der Waals surface area contributed by atoms with E-state index in [0.29, 0.717) is 6.42 Å². The number of quaternary nitrogens is 1. The molecule has 0 fully saturated rings. The summed E-state index contributed by atoms with van der Waals surface area (Å²) in [5.74, 6) is -1.78. The maximum atomic E-state index is 12.8. The lowest BCUT2D eigenvalue weighted by Gasteiger charge is -2.30. The molecule has 31 heavy (non-hydrogen) atoms. The van der Waals surface area contributed by atoms with Crippen molar-refractivity contribution in [2.24, 2.45) is 10.8 Å². The molecule has 11 heteroatoms. The molecule has 2 unspecified atom stereocenters. The van der Waals surface area contributed by atoms with Crippen LogP contribution in [0.4, 0.5) is 0 Å². The van der Waals surface area contributed by atoms with Gasteiger partial charge in [0.15, 0.2) is 12.5 Å². The summed E-state index contributed by atoms with van der Waals surface area (Å²) in [6.45, 7) is 7.46. The minimum Gasteiger partial charge on any atom is -0.756 e. The van der Waals surface area contributed by atoms with Crippen molar-refractivity contribution in [3.8, 4) is 0 Å². The Morgan fingerprint density at radius 1 is 0.903 bits per heavy atom. The Labute approximate surface area is 185 Å². The first-order valence-corrected chi connectivity index (χ1v) is 11.7. The Bertz CT molecular complexity index is 672. The molecule has 0 radical (unpaired) electrons. The molecule has 182 valence electrons. The number of ketones is 1. The van der Waals surface area contributed by atoms with Gasteiger partial charge >= 0.3 is 11.9 Å². The Balaban J connectivity index is 4.81. The van der Waals surface area contributed by atoms with Crippen LogP contribution in [0.15, 0.2) is 0 Å². The van der Waals surface area contributed by atoms with Gasteiger partial charge in [-0.3, -0.25) is 23.5 Å². The summed E-state index contributed by atoms with van der Waals surface area (Å²) in [7, 11) is 0.696. The third kappa shape index (κ3) is 10.7. The first-order valence-electron chi connectivity index (χ1n) is 10.3. The lowest BCUT2D eigenvalue weighted by molar-refractivity contribution is -0.887. The van der Waals surface area contributed by atoms with E-state index < -0.39 is 43.0 Å². The SMILES string of the molecule is CCCOC(=O)C(C)(C)CC(=O)C(C)(CC)C(=O)OCCOP(=O)([O-])OC[N+](C)(C)C. The molecule has 0 aliphatic heterocycles. The quantitative estimate of drug-likeness (QED) is 0.0887. The lowest BCUT2D eigenvalue weighted by atomic mass is 9.75. The van der Waals surface area contributed by atoms with Crippen LogP contribution in [-0.4, -0.2) is 69.9 Å². The zero-order valence-corrected chi connectivity index (χ0v) is 20.9. The van der Waals surface area contributed by atoms with E-state index in [2.05, 4.69) is 4.52 Å². The second-order valence-corrected chi connectivity index (χ2v) is 10.7. The molecule has 0 spiro atoms. The van der Waals surface area contributed by atoms with Crippen LogP contribution in [0.3, 0.4) is 0 Å². The predicted molar refractivity (Wildman–Crippen MR) is 112 cm³/mol. The van der Waals surface area contributed by atoms with Crippen LogP contribution in [0.25, 0.3) is 0 Å². The van der Waals surface area contributed by atoms with E-state index in [1.807, 2.05) is 6.92 Å². The van der Waals surface area contributed by atoms with Crippen LogP contribution in [0.2, 0.25) is 0 Å². The van der Waals surface area contributed by atoms with Crippen molar-refractivity contribution in [3.63, 3.8) is 0 Å². The molecule has 0 saturated carbocycles. The maximum absolute atomic E-state index is 12.8. The zero-order chi connectivity index (χ0) is 24.5. The third-order valence-electron chi connectivity index (χ3n) is 4.53. The van der Waals surface area contributed by atoms with E-state index in [1.54, 1.807) is 41.9 Å². The number of ether oxygens (including phenoxy) is 2. The molecule has 0 aliphatic carbocycles. The minimum atomic E-state index is -4.54. The fraction of sp³-hybridized carbons (Fsp3) is 0.850. The number of Topliss-reactive ketones (excluding diaryl/α,β-unsaturated/α-hetero) is 1. The molecule has 0 aliphatic rings. The molecule has 0 saturated heterocycles. The predicted octanol–water partition coefficient (Wildman–Crippen LogP) is 2.05. The highest BCUT2D eigenvalue weighted by Crippen LogP contribution is 2.38. The summed E-state index contributed by atoms with van der Waals surface area (Å²) in [4.78, 5) is 49.3. The summed E-state index contributed by atoms with van der Waals surface area (Å²) < 4.78 is 31.6. The van der Waals surface area contributed by atoms with Crippen molar-refractivity contribution < 1.29 is 46.8 Å². The Morgan fingerprint density at radius 2 is 1.45 bits per heavy atom. The monoisotopic (exact) mass is 467 g/mol. The maximum Gasteiger partial charge on any atom is 0.319 e. The van der Waals surface area contributed by atoms with Gasteiger partial charge in [0.1, 0.15) is 12.0 Å². The summed E-state index contributed by atoms with van der Waals surface area (Å²) in [6.07, 6.45) is 0.617.